The lowest BCUT2D eigenvalue weighted by atomic mass is 10.4. The van der Waals surface area contributed by atoms with Crippen molar-refractivity contribution in [3.8, 4) is 11.8 Å². The average molecular weight is 310 g/mol. The third-order valence-corrected chi connectivity index (χ3v) is 2.60. The number of carbonyl (C=O) groups is 5. The van der Waals surface area contributed by atoms with Crippen molar-refractivity contribution in [2.24, 2.45) is 0 Å². The molecule has 2 fully saturated rings. The standard InChI is InChI=1S/C8H7NO4.C5H7NO3/c1-2-3-8(12)13-9-6(10)4-5-7(9)11;1-9-6-4(7)2-3-5(6)8/h4-5H2,1H3;2-3H2,1H3. The second-order valence-electron chi connectivity index (χ2n) is 4.10. The fourth-order valence-corrected chi connectivity index (χ4v) is 1.63. The van der Waals surface area contributed by atoms with E-state index in [-0.39, 0.29) is 37.5 Å². The fraction of sp³-hybridized carbons (Fsp3) is 0.462. The summed E-state index contributed by atoms with van der Waals surface area (Å²) in [5.41, 5.74) is 0. The number of amides is 4. The van der Waals surface area contributed by atoms with Gasteiger partial charge in [-0.3, -0.25) is 24.0 Å². The molecule has 9 heteroatoms. The maximum atomic E-state index is 10.9. The Morgan fingerprint density at radius 3 is 1.64 bits per heavy atom. The van der Waals surface area contributed by atoms with E-state index in [1.807, 2.05) is 0 Å². The third-order valence-electron chi connectivity index (χ3n) is 2.60. The van der Waals surface area contributed by atoms with Crippen LogP contribution < -0.4 is 0 Å². The summed E-state index contributed by atoms with van der Waals surface area (Å²) in [5, 5.41) is 1.26. The van der Waals surface area contributed by atoms with E-state index in [9.17, 15) is 24.0 Å². The summed E-state index contributed by atoms with van der Waals surface area (Å²) in [5.74, 6) is 1.95. The minimum atomic E-state index is -0.897. The van der Waals surface area contributed by atoms with Crippen LogP contribution in [0.4, 0.5) is 0 Å². The van der Waals surface area contributed by atoms with Crippen molar-refractivity contribution in [2.75, 3.05) is 7.11 Å². The molecule has 0 unspecified atom stereocenters. The van der Waals surface area contributed by atoms with E-state index < -0.39 is 17.8 Å². The Kier molecular flexibility index (Phi) is 6.22. The number of hydroxylamine groups is 4. The Morgan fingerprint density at radius 2 is 1.32 bits per heavy atom. The molecule has 2 aliphatic heterocycles. The molecule has 0 saturated carbocycles. The minimum absolute atomic E-state index is 0.0890. The van der Waals surface area contributed by atoms with E-state index in [0.717, 1.165) is 5.06 Å². The number of nitrogens with zero attached hydrogens (tertiary/aromatic N) is 2. The Morgan fingerprint density at radius 1 is 0.909 bits per heavy atom. The molecule has 2 heterocycles. The summed E-state index contributed by atoms with van der Waals surface area (Å²) in [6.45, 7) is 1.45. The second-order valence-corrected chi connectivity index (χ2v) is 4.10. The molecule has 118 valence electrons. The molecule has 0 aromatic heterocycles. The minimum Gasteiger partial charge on any atom is -0.318 e. The molecule has 0 radical (unpaired) electrons. The summed E-state index contributed by atoms with van der Waals surface area (Å²) in [4.78, 5) is 62.6. The molecule has 0 spiro atoms. The molecule has 9 nitrogen and oxygen atoms in total. The maximum Gasteiger partial charge on any atom is 0.409 e. The zero-order valence-electron chi connectivity index (χ0n) is 12.1. The molecule has 0 aromatic rings. The molecule has 0 N–H and O–H groups in total. The average Bonchev–Trinajstić information content (AvgIpc) is 2.96. The molecule has 2 rings (SSSR count). The molecule has 22 heavy (non-hydrogen) atoms. The van der Waals surface area contributed by atoms with Gasteiger partial charge >= 0.3 is 5.97 Å². The van der Waals surface area contributed by atoms with Gasteiger partial charge in [0, 0.05) is 31.6 Å². The highest BCUT2D eigenvalue weighted by atomic mass is 16.7. The van der Waals surface area contributed by atoms with Crippen molar-refractivity contribution in [1.82, 2.24) is 10.1 Å². The lowest BCUT2D eigenvalue weighted by molar-refractivity contribution is -0.193. The quantitative estimate of drug-likeness (QED) is 0.490. The summed E-state index contributed by atoms with van der Waals surface area (Å²) in [7, 11) is 1.31. The van der Waals surface area contributed by atoms with Crippen LogP contribution in [0.5, 0.6) is 0 Å². The first-order chi connectivity index (χ1) is 10.4. The predicted octanol–water partition coefficient (Wildman–Crippen LogP) is -0.686. The van der Waals surface area contributed by atoms with Crippen molar-refractivity contribution in [3.63, 3.8) is 0 Å². The lowest BCUT2D eigenvalue weighted by Gasteiger charge is -2.09. The fourth-order valence-electron chi connectivity index (χ4n) is 1.63. The molecule has 0 aromatic carbocycles. The summed E-state index contributed by atoms with van der Waals surface area (Å²) in [6, 6.07) is 0. The highest BCUT2D eigenvalue weighted by Gasteiger charge is 2.32. The van der Waals surface area contributed by atoms with Gasteiger partial charge in [-0.2, -0.15) is 5.06 Å². The van der Waals surface area contributed by atoms with Crippen LogP contribution in [0.15, 0.2) is 0 Å². The van der Waals surface area contributed by atoms with Crippen molar-refractivity contribution < 1.29 is 33.6 Å². The molecular weight excluding hydrogens is 296 g/mol. The van der Waals surface area contributed by atoms with Gasteiger partial charge in [0.25, 0.3) is 23.6 Å². The number of rotatable bonds is 2. The number of hydrogen-bond donors (Lipinski definition) is 0. The van der Waals surface area contributed by atoms with Gasteiger partial charge in [-0.15, -0.1) is 5.06 Å². The van der Waals surface area contributed by atoms with Gasteiger partial charge in [-0.1, -0.05) is 5.92 Å². The smallest absolute Gasteiger partial charge is 0.318 e. The molecule has 2 aliphatic rings. The summed E-state index contributed by atoms with van der Waals surface area (Å²) < 4.78 is 0. The molecule has 0 aliphatic carbocycles. The van der Waals surface area contributed by atoms with E-state index in [1.165, 1.54) is 14.0 Å². The van der Waals surface area contributed by atoms with Crippen LogP contribution in [0, 0.1) is 11.8 Å². The number of carbonyl (C=O) groups excluding carboxylic acids is 5. The third kappa shape index (κ3) is 4.39. The first-order valence-corrected chi connectivity index (χ1v) is 6.31. The van der Waals surface area contributed by atoms with Gasteiger partial charge in [0.1, 0.15) is 0 Å². The summed E-state index contributed by atoms with van der Waals surface area (Å²) in [6.07, 6.45) is 0.747. The van der Waals surface area contributed by atoms with E-state index in [0.29, 0.717) is 5.06 Å². The van der Waals surface area contributed by atoms with Gasteiger partial charge in [0.15, 0.2) is 0 Å². The van der Waals surface area contributed by atoms with Gasteiger partial charge in [0.2, 0.25) is 0 Å². The van der Waals surface area contributed by atoms with E-state index >= 15 is 0 Å². The molecule has 0 atom stereocenters. The van der Waals surface area contributed by atoms with Crippen molar-refractivity contribution in [3.05, 3.63) is 0 Å². The van der Waals surface area contributed by atoms with Gasteiger partial charge in [0.05, 0.1) is 7.11 Å². The second kappa shape index (κ2) is 7.90. The number of hydrogen-bond acceptors (Lipinski definition) is 7. The van der Waals surface area contributed by atoms with Gasteiger partial charge in [-0.25, -0.2) is 4.79 Å². The van der Waals surface area contributed by atoms with Crippen molar-refractivity contribution in [2.45, 2.75) is 32.6 Å². The zero-order valence-corrected chi connectivity index (χ0v) is 12.1. The molecule has 4 amide bonds. The lowest BCUT2D eigenvalue weighted by Crippen LogP contribution is -2.31. The topological polar surface area (TPSA) is 110 Å². The SMILES string of the molecule is CC#CC(=O)ON1C(=O)CCC1=O.CON1C(=O)CCC1=O. The highest BCUT2D eigenvalue weighted by molar-refractivity contribution is 6.02. The highest BCUT2D eigenvalue weighted by Crippen LogP contribution is 2.11. The Hall–Kier alpha value is -2.73. The molecular formula is C13H14N2O7. The predicted molar refractivity (Wildman–Crippen MR) is 68.7 cm³/mol. The number of imide groups is 2. The van der Waals surface area contributed by atoms with Crippen LogP contribution in [-0.4, -0.2) is 46.8 Å². The van der Waals surface area contributed by atoms with Crippen LogP contribution in [0.2, 0.25) is 0 Å². The van der Waals surface area contributed by atoms with Crippen LogP contribution in [0.25, 0.3) is 0 Å². The van der Waals surface area contributed by atoms with Crippen LogP contribution >= 0.6 is 0 Å². The van der Waals surface area contributed by atoms with E-state index in [4.69, 9.17) is 0 Å². The van der Waals surface area contributed by atoms with Crippen molar-refractivity contribution in [1.29, 1.82) is 0 Å². The van der Waals surface area contributed by atoms with Crippen LogP contribution in [0.1, 0.15) is 32.6 Å². The van der Waals surface area contributed by atoms with E-state index in [2.05, 4.69) is 21.5 Å². The molecule has 0 bridgehead atoms. The van der Waals surface area contributed by atoms with Gasteiger partial charge < -0.3 is 4.84 Å². The normalized spacial score (nSPS) is 17.0. The van der Waals surface area contributed by atoms with Gasteiger partial charge in [-0.05, 0) is 6.92 Å². The summed E-state index contributed by atoms with van der Waals surface area (Å²) >= 11 is 0. The van der Waals surface area contributed by atoms with Crippen LogP contribution in [0.3, 0.4) is 0 Å². The zero-order chi connectivity index (χ0) is 16.7. The Labute approximate surface area is 126 Å². The first-order valence-electron chi connectivity index (χ1n) is 6.31. The van der Waals surface area contributed by atoms with Crippen molar-refractivity contribution >= 4 is 29.6 Å². The van der Waals surface area contributed by atoms with Crippen LogP contribution in [-0.2, 0) is 33.6 Å². The maximum absolute atomic E-state index is 10.9. The first kappa shape index (κ1) is 17.3. The Balaban J connectivity index is 0.000000235. The Bertz CT molecular complexity index is 541. The largest absolute Gasteiger partial charge is 0.409 e. The monoisotopic (exact) mass is 310 g/mol. The molecule has 2 saturated heterocycles. The van der Waals surface area contributed by atoms with E-state index in [1.54, 1.807) is 0 Å².